The monoisotopic (exact) mass is 1080 g/mol. The Hall–Kier alpha value is 0.432. The van der Waals surface area contributed by atoms with E-state index in [0.717, 1.165) is 35.3 Å². The van der Waals surface area contributed by atoms with Gasteiger partial charge < -0.3 is 48.9 Å². The van der Waals surface area contributed by atoms with Crippen molar-refractivity contribution >= 4 is 32.9 Å². The second-order valence-electron chi connectivity index (χ2n) is 20.8. The Balaban J connectivity index is -0.000000351. The van der Waals surface area contributed by atoms with E-state index in [4.69, 9.17) is 9.30 Å². The van der Waals surface area contributed by atoms with Crippen molar-refractivity contribution in [2.45, 2.75) is 118 Å². The Bertz CT molecular complexity index is 1210. The Kier molecular flexibility index (Phi) is 33.3. The summed E-state index contributed by atoms with van der Waals surface area (Å²) in [5.74, 6) is 0.370. The molecule has 10 nitrogen and oxygen atoms in total. The quantitative estimate of drug-likeness (QED) is 0.157. The normalized spacial score (nSPS) is 12.1. The third kappa shape index (κ3) is 37.0. The summed E-state index contributed by atoms with van der Waals surface area (Å²) in [4.78, 5) is 12.4. The molecule has 2 aromatic carbocycles. The van der Waals surface area contributed by atoms with Gasteiger partial charge in [0.2, 0.25) is 0 Å². The molecule has 0 heterocycles. The first kappa shape index (κ1) is 65.1. The minimum atomic E-state index is -1.11. The standard InChI is InChI=1S/2C15H27N3O.2C6H18NSi2.2Cd/c2*1-16(2)9-12-7-13(10-17(3)4)15(19)14(8-12)11-18(5)6;2*1-8(2,3)7-9(4,5)6;;/h2*7-8,19H,9-11H2,1-6H3;2*1-6H3;;/q;;2*-1;2*+2/p-2. The molecule has 0 bridgehead atoms. The average molecular weight is 1070 g/mol. The van der Waals surface area contributed by atoms with Crippen molar-refractivity contribution < 1.29 is 64.8 Å². The number of hydrogen-bond donors (Lipinski definition) is 0. The maximum atomic E-state index is 12.4. The zero-order valence-electron chi connectivity index (χ0n) is 42.4. The molecule has 0 N–H and O–H groups in total. The summed E-state index contributed by atoms with van der Waals surface area (Å²) in [5, 5.41) is 24.8. The molecule has 2 aromatic rings. The molecule has 0 aliphatic heterocycles. The molecule has 2 rings (SSSR count). The van der Waals surface area contributed by atoms with E-state index >= 15 is 0 Å². The molecular formula is C42H88Cd2N8O2Si4. The largest absolute Gasteiger partial charge is 2.00 e. The fourth-order valence-corrected chi connectivity index (χ4v) is 22.5. The van der Waals surface area contributed by atoms with Crippen LogP contribution in [-0.4, -0.2) is 147 Å². The van der Waals surface area contributed by atoms with E-state index < -0.39 is 32.9 Å². The second-order valence-corrected chi connectivity index (χ2v) is 40.0. The van der Waals surface area contributed by atoms with Gasteiger partial charge in [0.25, 0.3) is 0 Å². The van der Waals surface area contributed by atoms with Gasteiger partial charge in [-0.05, 0) is 118 Å². The van der Waals surface area contributed by atoms with Crippen LogP contribution >= 0.6 is 0 Å². The van der Waals surface area contributed by atoms with Gasteiger partial charge in [-0.1, -0.05) is 147 Å². The Morgan fingerprint density at radius 3 is 0.603 bits per heavy atom. The summed E-state index contributed by atoms with van der Waals surface area (Å²) in [5.41, 5.74) is 5.97. The van der Waals surface area contributed by atoms with Gasteiger partial charge in [-0.15, -0.1) is 0 Å². The third-order valence-corrected chi connectivity index (χ3v) is 17.6. The molecule has 58 heavy (non-hydrogen) atoms. The molecule has 0 atom stereocenters. The van der Waals surface area contributed by atoms with Crippen LogP contribution in [0.25, 0.3) is 9.30 Å². The number of rotatable bonds is 16. The smallest absolute Gasteiger partial charge is 0.872 e. The molecule has 0 saturated carbocycles. The van der Waals surface area contributed by atoms with Crippen LogP contribution < -0.4 is 10.2 Å². The van der Waals surface area contributed by atoms with Gasteiger partial charge in [-0.25, -0.2) is 0 Å². The molecular weight excluding hydrogens is 986 g/mol. The number of nitrogens with zero attached hydrogens (tertiary/aromatic N) is 8. The third-order valence-electron chi connectivity index (χ3n) is 6.89. The topological polar surface area (TPSA) is 93.8 Å². The van der Waals surface area contributed by atoms with Gasteiger partial charge in [-0.2, -0.15) is 0 Å². The molecule has 0 aliphatic rings. The maximum absolute atomic E-state index is 12.4. The minimum absolute atomic E-state index is 0. The maximum Gasteiger partial charge on any atom is 2.00 e. The van der Waals surface area contributed by atoms with Crippen LogP contribution in [0.3, 0.4) is 0 Å². The Labute approximate surface area is 404 Å². The summed E-state index contributed by atoms with van der Waals surface area (Å²) in [6, 6.07) is 8.17. The number of benzene rings is 2. The summed E-state index contributed by atoms with van der Waals surface area (Å²) in [6.07, 6.45) is 0. The van der Waals surface area contributed by atoms with Gasteiger partial charge in [0.05, 0.1) is 0 Å². The minimum Gasteiger partial charge on any atom is -0.872 e. The first-order chi connectivity index (χ1) is 25.0. The molecule has 0 amide bonds. The SMILES string of the molecule is CN(C)Cc1cc(CN(C)C)c([O-])c(CN(C)C)c1.CN(C)Cc1cc(CN(C)C)c([O-])c(CN(C)C)c1.C[Si](C)(C)[N-][Si](C)(C)C.C[Si](C)(C)[N-][Si](C)(C)C.[Cd+2].[Cd+2]. The van der Waals surface area contributed by atoms with E-state index in [1.165, 1.54) is 11.1 Å². The van der Waals surface area contributed by atoms with E-state index in [1.54, 1.807) is 0 Å². The van der Waals surface area contributed by atoms with Crippen molar-refractivity contribution in [3.05, 3.63) is 66.9 Å². The van der Waals surface area contributed by atoms with E-state index in [-0.39, 0.29) is 66.1 Å². The van der Waals surface area contributed by atoms with Gasteiger partial charge in [0, 0.05) is 39.3 Å². The number of hydrogen-bond acceptors (Lipinski definition) is 8. The van der Waals surface area contributed by atoms with Crippen molar-refractivity contribution in [2.24, 2.45) is 0 Å². The van der Waals surface area contributed by atoms with E-state index in [1.807, 2.05) is 128 Å². The summed E-state index contributed by atoms with van der Waals surface area (Å²) in [6.45, 7) is 32.1. The molecule has 0 fully saturated rings. The molecule has 0 radical (unpaired) electrons. The van der Waals surface area contributed by atoms with Crippen LogP contribution in [0.1, 0.15) is 33.4 Å². The van der Waals surface area contributed by atoms with Gasteiger partial charge in [0.15, 0.2) is 0 Å². The van der Waals surface area contributed by atoms with Gasteiger partial charge in [-0.3, -0.25) is 0 Å². The fraction of sp³-hybridized carbons (Fsp3) is 0.714. The Morgan fingerprint density at radius 1 is 0.345 bits per heavy atom. The zero-order chi connectivity index (χ0) is 44.6. The predicted octanol–water partition coefficient (Wildman–Crippen LogP) is 7.94. The Morgan fingerprint density at radius 2 is 0.500 bits per heavy atom. The fourth-order valence-electron chi connectivity index (χ4n) is 6.41. The molecule has 0 spiro atoms. The second kappa shape index (κ2) is 29.7. The van der Waals surface area contributed by atoms with Crippen molar-refractivity contribution in [1.29, 1.82) is 0 Å². The van der Waals surface area contributed by atoms with Crippen LogP contribution in [0.4, 0.5) is 0 Å². The van der Waals surface area contributed by atoms with Crippen LogP contribution in [0, 0.1) is 0 Å². The van der Waals surface area contributed by atoms with E-state index in [0.29, 0.717) is 26.2 Å². The molecule has 0 aliphatic carbocycles. The average Bonchev–Trinajstić information content (AvgIpc) is 2.89. The summed E-state index contributed by atoms with van der Waals surface area (Å²) < 4.78 is 9.64. The van der Waals surface area contributed by atoms with Crippen LogP contribution in [-0.2, 0) is 93.9 Å². The molecule has 328 valence electrons. The predicted molar refractivity (Wildman–Crippen MR) is 256 cm³/mol. The first-order valence-electron chi connectivity index (χ1n) is 20.0. The van der Waals surface area contributed by atoms with Crippen molar-refractivity contribution in [1.82, 2.24) is 29.4 Å². The first-order valence-corrected chi connectivity index (χ1v) is 33.8. The van der Waals surface area contributed by atoms with Crippen molar-refractivity contribution in [2.75, 3.05) is 84.6 Å². The van der Waals surface area contributed by atoms with E-state index in [2.05, 4.69) is 88.4 Å². The van der Waals surface area contributed by atoms with Crippen LogP contribution in [0.2, 0.25) is 78.6 Å². The van der Waals surface area contributed by atoms with Gasteiger partial charge >= 0.3 is 54.6 Å². The van der Waals surface area contributed by atoms with Crippen LogP contribution in [0.15, 0.2) is 24.3 Å². The van der Waals surface area contributed by atoms with Gasteiger partial charge in [0.1, 0.15) is 0 Å². The molecule has 0 aromatic heterocycles. The summed E-state index contributed by atoms with van der Waals surface area (Å²) >= 11 is 0. The zero-order valence-corrected chi connectivity index (χ0v) is 54.4. The van der Waals surface area contributed by atoms with E-state index in [9.17, 15) is 10.2 Å². The van der Waals surface area contributed by atoms with Crippen molar-refractivity contribution in [3.8, 4) is 11.5 Å². The molecule has 16 heteroatoms. The molecule has 0 unspecified atom stereocenters. The molecule has 0 saturated heterocycles. The van der Waals surface area contributed by atoms with Crippen molar-refractivity contribution in [3.63, 3.8) is 0 Å². The van der Waals surface area contributed by atoms with Crippen LogP contribution in [0.5, 0.6) is 11.5 Å². The summed E-state index contributed by atoms with van der Waals surface area (Å²) in [7, 11) is 19.7.